The molecule has 1 unspecified atom stereocenters. The van der Waals surface area contributed by atoms with Crippen molar-refractivity contribution in [2.45, 2.75) is 19.9 Å². The summed E-state index contributed by atoms with van der Waals surface area (Å²) >= 11 is 0. The van der Waals surface area contributed by atoms with Crippen LogP contribution < -0.4 is 20.7 Å². The first-order valence-corrected chi connectivity index (χ1v) is 5.91. The molecule has 0 spiro atoms. The summed E-state index contributed by atoms with van der Waals surface area (Å²) in [7, 11) is 3.22. The Balaban J connectivity index is 2.87. The van der Waals surface area contributed by atoms with Crippen LogP contribution in [0.2, 0.25) is 0 Å². The van der Waals surface area contributed by atoms with Gasteiger partial charge in [0.25, 0.3) is 0 Å². The third-order valence-electron chi connectivity index (χ3n) is 2.61. The summed E-state index contributed by atoms with van der Waals surface area (Å²) in [6.45, 7) is 3.18. The van der Waals surface area contributed by atoms with Crippen molar-refractivity contribution in [3.05, 3.63) is 18.2 Å². The third kappa shape index (κ3) is 4.26. The second kappa shape index (κ2) is 6.75. The summed E-state index contributed by atoms with van der Waals surface area (Å²) in [6, 6.07) is 4.75. The van der Waals surface area contributed by atoms with Crippen molar-refractivity contribution >= 4 is 23.2 Å². The largest absolute Gasteiger partial charge is 0.494 e. The zero-order chi connectivity index (χ0) is 14.4. The van der Waals surface area contributed by atoms with Crippen molar-refractivity contribution < 1.29 is 14.3 Å². The molecule has 0 fully saturated rings. The Bertz CT molecular complexity index is 474. The molecule has 1 atom stereocenters. The highest BCUT2D eigenvalue weighted by atomic mass is 16.5. The molecule has 0 aliphatic rings. The molecule has 0 bridgehead atoms. The molecule has 0 radical (unpaired) electrons. The van der Waals surface area contributed by atoms with Gasteiger partial charge in [-0.05, 0) is 26.1 Å². The zero-order valence-electron chi connectivity index (χ0n) is 11.5. The van der Waals surface area contributed by atoms with E-state index in [0.717, 1.165) is 0 Å². The molecular weight excluding hydrogens is 246 g/mol. The van der Waals surface area contributed by atoms with Crippen molar-refractivity contribution in [3.63, 3.8) is 0 Å². The Morgan fingerprint density at radius 3 is 2.47 bits per heavy atom. The highest BCUT2D eigenvalue weighted by Crippen LogP contribution is 2.27. The van der Waals surface area contributed by atoms with Crippen LogP contribution in [0.5, 0.6) is 5.75 Å². The van der Waals surface area contributed by atoms with E-state index >= 15 is 0 Å². The molecule has 3 N–H and O–H groups in total. The van der Waals surface area contributed by atoms with Crippen LogP contribution in [-0.2, 0) is 9.59 Å². The summed E-state index contributed by atoms with van der Waals surface area (Å²) < 4.78 is 5.17. The van der Waals surface area contributed by atoms with E-state index in [9.17, 15) is 9.59 Å². The van der Waals surface area contributed by atoms with Crippen molar-refractivity contribution in [3.8, 4) is 5.75 Å². The zero-order valence-corrected chi connectivity index (χ0v) is 11.5. The fourth-order valence-corrected chi connectivity index (χ4v) is 1.44. The maximum absolute atomic E-state index is 11.7. The molecule has 0 saturated heterocycles. The lowest BCUT2D eigenvalue weighted by Gasteiger charge is -2.14. The number of amides is 2. The van der Waals surface area contributed by atoms with Crippen LogP contribution in [0.25, 0.3) is 0 Å². The number of methoxy groups -OCH3 is 1. The minimum Gasteiger partial charge on any atom is -0.494 e. The molecule has 0 saturated carbocycles. The topological polar surface area (TPSA) is 79.5 Å². The highest BCUT2D eigenvalue weighted by molar-refractivity contribution is 5.96. The van der Waals surface area contributed by atoms with Gasteiger partial charge < -0.3 is 20.7 Å². The van der Waals surface area contributed by atoms with Crippen molar-refractivity contribution in [1.29, 1.82) is 0 Å². The smallest absolute Gasteiger partial charge is 0.241 e. The molecule has 19 heavy (non-hydrogen) atoms. The van der Waals surface area contributed by atoms with Crippen LogP contribution in [0.15, 0.2) is 18.2 Å². The van der Waals surface area contributed by atoms with Gasteiger partial charge in [0.15, 0.2) is 0 Å². The van der Waals surface area contributed by atoms with Crippen LogP contribution in [0.4, 0.5) is 11.4 Å². The molecular formula is C13H19N3O3. The van der Waals surface area contributed by atoms with Gasteiger partial charge in [-0.15, -0.1) is 0 Å². The maximum Gasteiger partial charge on any atom is 0.241 e. The first-order valence-electron chi connectivity index (χ1n) is 5.91. The molecule has 104 valence electrons. The number of hydrogen-bond donors (Lipinski definition) is 3. The number of carbonyl (C=O) groups is 2. The Morgan fingerprint density at radius 2 is 1.95 bits per heavy atom. The fraction of sp³-hybridized carbons (Fsp3) is 0.385. The predicted molar refractivity (Wildman–Crippen MR) is 74.4 cm³/mol. The monoisotopic (exact) mass is 265 g/mol. The van der Waals surface area contributed by atoms with Gasteiger partial charge in [0.05, 0.1) is 18.8 Å². The van der Waals surface area contributed by atoms with Gasteiger partial charge >= 0.3 is 0 Å². The number of ether oxygens (including phenoxy) is 1. The van der Waals surface area contributed by atoms with E-state index in [-0.39, 0.29) is 17.9 Å². The summed E-state index contributed by atoms with van der Waals surface area (Å²) in [4.78, 5) is 22.7. The number of nitrogens with one attached hydrogen (secondary N) is 3. The third-order valence-corrected chi connectivity index (χ3v) is 2.61. The second-order valence-corrected chi connectivity index (χ2v) is 4.10. The number of anilines is 2. The lowest BCUT2D eigenvalue weighted by Crippen LogP contribution is -2.35. The van der Waals surface area contributed by atoms with Crippen LogP contribution in [-0.4, -0.2) is 32.0 Å². The molecule has 2 amide bonds. The summed E-state index contributed by atoms with van der Waals surface area (Å²) in [5.74, 6) is 0.167. The van der Waals surface area contributed by atoms with Gasteiger partial charge in [-0.1, -0.05) is 0 Å². The van der Waals surface area contributed by atoms with Gasteiger partial charge in [0.2, 0.25) is 11.8 Å². The lowest BCUT2D eigenvalue weighted by molar-refractivity contribution is -0.117. The Labute approximate surface area is 112 Å². The average Bonchev–Trinajstić information content (AvgIpc) is 2.38. The minimum atomic E-state index is -0.291. The maximum atomic E-state index is 11.7. The van der Waals surface area contributed by atoms with Crippen LogP contribution >= 0.6 is 0 Å². The number of benzene rings is 1. The molecule has 0 aliphatic heterocycles. The fourth-order valence-electron chi connectivity index (χ4n) is 1.44. The second-order valence-electron chi connectivity index (χ2n) is 4.10. The van der Waals surface area contributed by atoms with Crippen molar-refractivity contribution in [2.24, 2.45) is 0 Å². The van der Waals surface area contributed by atoms with Crippen LogP contribution in [0.1, 0.15) is 13.8 Å². The van der Waals surface area contributed by atoms with E-state index in [1.54, 1.807) is 32.2 Å². The molecule has 6 nitrogen and oxygen atoms in total. The molecule has 0 heterocycles. The lowest BCUT2D eigenvalue weighted by atomic mass is 10.2. The number of carbonyl (C=O) groups excluding carboxylic acids is 2. The molecule has 1 aromatic carbocycles. The Kier molecular flexibility index (Phi) is 5.32. The van der Waals surface area contributed by atoms with Crippen LogP contribution in [0.3, 0.4) is 0 Å². The number of hydrogen-bond acceptors (Lipinski definition) is 4. The van der Waals surface area contributed by atoms with Crippen LogP contribution in [0, 0.1) is 0 Å². The van der Waals surface area contributed by atoms with Crippen molar-refractivity contribution in [1.82, 2.24) is 5.32 Å². The average molecular weight is 265 g/mol. The van der Waals surface area contributed by atoms with E-state index in [1.165, 1.54) is 14.0 Å². The minimum absolute atomic E-state index is 0.142. The Morgan fingerprint density at radius 1 is 1.26 bits per heavy atom. The van der Waals surface area contributed by atoms with Gasteiger partial charge in [-0.2, -0.15) is 0 Å². The molecule has 1 aromatic rings. The molecule has 1 rings (SSSR count). The van der Waals surface area contributed by atoms with Gasteiger partial charge in [-0.3, -0.25) is 9.59 Å². The SMILES string of the molecule is CNC(C)C(=O)Nc1ccc(NC(C)=O)c(OC)c1. The first kappa shape index (κ1) is 15.0. The molecule has 6 heteroatoms. The summed E-state index contributed by atoms with van der Waals surface area (Å²) in [5.41, 5.74) is 1.17. The quantitative estimate of drug-likeness (QED) is 0.747. The number of likely N-dealkylation sites (N-methyl/N-ethyl adjacent to an activating group) is 1. The van der Waals surface area contributed by atoms with E-state index < -0.39 is 0 Å². The standard InChI is InChI=1S/C13H19N3O3/c1-8(14-3)13(18)16-10-5-6-11(15-9(2)17)12(7-10)19-4/h5-8,14H,1-4H3,(H,15,17)(H,16,18). The van der Waals surface area contributed by atoms with Gasteiger partial charge in [0.1, 0.15) is 5.75 Å². The molecule has 0 aromatic heterocycles. The molecule has 0 aliphatic carbocycles. The number of rotatable bonds is 5. The van der Waals surface area contributed by atoms with Gasteiger partial charge in [-0.25, -0.2) is 0 Å². The summed E-state index contributed by atoms with van der Waals surface area (Å²) in [6.07, 6.45) is 0. The van der Waals surface area contributed by atoms with E-state index in [0.29, 0.717) is 17.1 Å². The Hall–Kier alpha value is -2.08. The van der Waals surface area contributed by atoms with E-state index in [4.69, 9.17) is 4.74 Å². The van der Waals surface area contributed by atoms with E-state index in [2.05, 4.69) is 16.0 Å². The normalized spacial score (nSPS) is 11.6. The van der Waals surface area contributed by atoms with Crippen molar-refractivity contribution in [2.75, 3.05) is 24.8 Å². The first-order chi connectivity index (χ1) is 8.97. The summed E-state index contributed by atoms with van der Waals surface area (Å²) in [5, 5.41) is 8.25. The highest BCUT2D eigenvalue weighted by Gasteiger charge is 2.12. The predicted octanol–water partition coefficient (Wildman–Crippen LogP) is 1.20. The van der Waals surface area contributed by atoms with E-state index in [1.807, 2.05) is 0 Å². The van der Waals surface area contributed by atoms with Gasteiger partial charge in [0, 0.05) is 18.7 Å².